The van der Waals surface area contributed by atoms with E-state index in [1.54, 1.807) is 42.5 Å². The molecule has 1 heterocycles. The molecule has 0 spiro atoms. The SMILES string of the molecule is CNC(=O)c1ccc(-c2ccc(OC(C)C)c(C(=O)NC3(CO)CCCc4[nH]c5cc(C(=O)O)ccc5c43)c2)cc1Cl. The molecule has 0 bridgehead atoms. The molecule has 1 aliphatic carbocycles. The Morgan fingerprint density at radius 3 is 2.43 bits per heavy atom. The maximum Gasteiger partial charge on any atom is 0.335 e. The Kier molecular flexibility index (Phi) is 7.99. The van der Waals surface area contributed by atoms with Crippen molar-refractivity contribution in [1.82, 2.24) is 15.6 Å². The summed E-state index contributed by atoms with van der Waals surface area (Å²) in [5.41, 5.74) is 3.32. The number of benzene rings is 3. The number of rotatable bonds is 8. The summed E-state index contributed by atoms with van der Waals surface area (Å²) in [6.45, 7) is 3.38. The van der Waals surface area contributed by atoms with Crippen molar-refractivity contribution in [2.75, 3.05) is 13.7 Å². The Morgan fingerprint density at radius 1 is 1.02 bits per heavy atom. The first-order valence-electron chi connectivity index (χ1n) is 13.7. The number of H-pyrrole nitrogens is 1. The number of fused-ring (bicyclic) bond motifs is 3. The summed E-state index contributed by atoms with van der Waals surface area (Å²) < 4.78 is 6.00. The monoisotopic (exact) mass is 589 g/mol. The summed E-state index contributed by atoms with van der Waals surface area (Å²) in [6, 6.07) is 15.1. The van der Waals surface area contributed by atoms with Gasteiger partial charge >= 0.3 is 5.97 Å². The number of aliphatic hydroxyl groups is 1. The highest BCUT2D eigenvalue weighted by Gasteiger charge is 2.41. The van der Waals surface area contributed by atoms with Crippen LogP contribution in [0.25, 0.3) is 22.0 Å². The average molecular weight is 590 g/mol. The second kappa shape index (κ2) is 11.5. The minimum atomic E-state index is -1.10. The van der Waals surface area contributed by atoms with Gasteiger partial charge in [-0.05, 0) is 80.6 Å². The Balaban J connectivity index is 1.56. The Bertz CT molecular complexity index is 1710. The van der Waals surface area contributed by atoms with Crippen LogP contribution in [0.2, 0.25) is 5.02 Å². The molecule has 1 atom stereocenters. The number of nitrogens with one attached hydrogen (secondary N) is 3. The standard InChI is InChI=1S/C32H32ClN3O6/c1-17(2)42-27-11-8-18(19-6-9-21(24(33)14-19)29(38)34-3)13-23(27)30(39)36-32(16-37)12-4-5-25-28(32)22-10-7-20(31(40)41)15-26(22)35-25/h6-11,13-15,17,35,37H,4-5,12,16H2,1-3H3,(H,34,38)(H,36,39)(H,40,41). The minimum absolute atomic E-state index is 0.149. The Hall–Kier alpha value is -4.34. The second-order valence-corrected chi connectivity index (χ2v) is 11.2. The van der Waals surface area contributed by atoms with Crippen LogP contribution in [-0.4, -0.2) is 52.7 Å². The minimum Gasteiger partial charge on any atom is -0.490 e. The zero-order chi connectivity index (χ0) is 30.2. The first kappa shape index (κ1) is 29.2. The molecule has 42 heavy (non-hydrogen) atoms. The fourth-order valence-electron chi connectivity index (χ4n) is 5.68. The fraction of sp³-hybridized carbons (Fsp3) is 0.281. The summed E-state index contributed by atoms with van der Waals surface area (Å²) in [7, 11) is 1.53. The summed E-state index contributed by atoms with van der Waals surface area (Å²) >= 11 is 6.41. The number of aliphatic hydroxyl groups excluding tert-OH is 1. The predicted octanol–water partition coefficient (Wildman–Crippen LogP) is 5.29. The third-order valence-electron chi connectivity index (χ3n) is 7.62. The number of carboxylic acids is 1. The summed E-state index contributed by atoms with van der Waals surface area (Å²) in [6.07, 6.45) is 1.70. The zero-order valence-electron chi connectivity index (χ0n) is 23.5. The van der Waals surface area contributed by atoms with Crippen LogP contribution >= 0.6 is 11.6 Å². The molecule has 0 aliphatic heterocycles. The van der Waals surface area contributed by atoms with Crippen molar-refractivity contribution in [3.05, 3.63) is 87.6 Å². The van der Waals surface area contributed by atoms with Crippen LogP contribution in [-0.2, 0) is 12.0 Å². The smallest absolute Gasteiger partial charge is 0.335 e. The summed E-state index contributed by atoms with van der Waals surface area (Å²) in [5, 5.41) is 26.9. The van der Waals surface area contributed by atoms with E-state index in [0.717, 1.165) is 16.6 Å². The number of ether oxygens (including phenoxy) is 1. The van der Waals surface area contributed by atoms with Gasteiger partial charge in [-0.2, -0.15) is 0 Å². The zero-order valence-corrected chi connectivity index (χ0v) is 24.3. The van der Waals surface area contributed by atoms with Gasteiger partial charge in [0.25, 0.3) is 11.8 Å². The molecule has 4 aromatic rings. The maximum atomic E-state index is 14.1. The number of halogens is 1. The number of carboxylic acid groups (broad SMARTS) is 1. The number of hydrogen-bond acceptors (Lipinski definition) is 5. The number of aromatic nitrogens is 1. The Morgan fingerprint density at radius 2 is 1.76 bits per heavy atom. The lowest BCUT2D eigenvalue weighted by Crippen LogP contribution is -2.50. The average Bonchev–Trinajstić information content (AvgIpc) is 3.35. The number of aromatic amines is 1. The van der Waals surface area contributed by atoms with Gasteiger partial charge in [-0.15, -0.1) is 0 Å². The maximum absolute atomic E-state index is 14.1. The van der Waals surface area contributed by atoms with E-state index >= 15 is 0 Å². The lowest BCUT2D eigenvalue weighted by Gasteiger charge is -2.37. The van der Waals surface area contributed by atoms with E-state index in [2.05, 4.69) is 15.6 Å². The van der Waals surface area contributed by atoms with Crippen LogP contribution < -0.4 is 15.4 Å². The molecule has 0 saturated carbocycles. The molecule has 218 valence electrons. The van der Waals surface area contributed by atoms with Gasteiger partial charge < -0.3 is 30.6 Å². The van der Waals surface area contributed by atoms with Gasteiger partial charge in [0.05, 0.1) is 40.0 Å². The van der Waals surface area contributed by atoms with E-state index in [1.165, 1.54) is 13.1 Å². The van der Waals surface area contributed by atoms with Crippen LogP contribution in [0.4, 0.5) is 0 Å². The van der Waals surface area contributed by atoms with Crippen molar-refractivity contribution < 1.29 is 29.3 Å². The highest BCUT2D eigenvalue weighted by molar-refractivity contribution is 6.34. The third-order valence-corrected chi connectivity index (χ3v) is 7.93. The molecule has 5 rings (SSSR count). The molecular formula is C32H32ClN3O6. The molecule has 9 nitrogen and oxygen atoms in total. The van der Waals surface area contributed by atoms with Gasteiger partial charge in [0.2, 0.25) is 0 Å². The molecule has 2 amide bonds. The van der Waals surface area contributed by atoms with E-state index in [4.69, 9.17) is 16.3 Å². The van der Waals surface area contributed by atoms with E-state index < -0.39 is 17.4 Å². The van der Waals surface area contributed by atoms with Crippen LogP contribution in [0.15, 0.2) is 54.6 Å². The highest BCUT2D eigenvalue weighted by atomic mass is 35.5. The van der Waals surface area contributed by atoms with Gasteiger partial charge in [-0.3, -0.25) is 9.59 Å². The molecule has 1 aromatic heterocycles. The number of carbonyl (C=O) groups is 3. The first-order chi connectivity index (χ1) is 20.1. The number of amides is 2. The lowest BCUT2D eigenvalue weighted by atomic mass is 9.78. The van der Waals surface area contributed by atoms with Gasteiger partial charge in [-0.25, -0.2) is 4.79 Å². The molecule has 0 saturated heterocycles. The van der Waals surface area contributed by atoms with Crippen LogP contribution in [0, 0.1) is 0 Å². The normalized spacial score (nSPS) is 16.2. The van der Waals surface area contributed by atoms with Crippen molar-refractivity contribution in [2.45, 2.75) is 44.8 Å². The molecule has 0 fully saturated rings. The lowest BCUT2D eigenvalue weighted by molar-refractivity contribution is 0.0696. The molecule has 3 aromatic carbocycles. The van der Waals surface area contributed by atoms with E-state index in [9.17, 15) is 24.6 Å². The quantitative estimate of drug-likeness (QED) is 0.189. The predicted molar refractivity (Wildman–Crippen MR) is 160 cm³/mol. The number of aromatic carboxylic acids is 1. The van der Waals surface area contributed by atoms with Crippen LogP contribution in [0.3, 0.4) is 0 Å². The third kappa shape index (κ3) is 5.33. The largest absolute Gasteiger partial charge is 0.490 e. The van der Waals surface area contributed by atoms with Crippen molar-refractivity contribution in [1.29, 1.82) is 0 Å². The summed E-state index contributed by atoms with van der Waals surface area (Å²) in [4.78, 5) is 41.0. The van der Waals surface area contributed by atoms with Crippen molar-refractivity contribution in [3.8, 4) is 16.9 Å². The van der Waals surface area contributed by atoms with Crippen molar-refractivity contribution >= 4 is 40.3 Å². The molecule has 0 radical (unpaired) electrons. The van der Waals surface area contributed by atoms with Gasteiger partial charge in [-0.1, -0.05) is 29.8 Å². The summed E-state index contributed by atoms with van der Waals surface area (Å²) in [5.74, 6) is -1.38. The Labute approximate surface area is 247 Å². The van der Waals surface area contributed by atoms with Crippen molar-refractivity contribution in [3.63, 3.8) is 0 Å². The number of carbonyl (C=O) groups excluding carboxylic acids is 2. The fourth-order valence-corrected chi connectivity index (χ4v) is 5.94. The molecule has 1 aliphatic rings. The van der Waals surface area contributed by atoms with Gasteiger partial charge in [0.1, 0.15) is 5.75 Å². The van der Waals surface area contributed by atoms with E-state index in [0.29, 0.717) is 47.2 Å². The molecule has 5 N–H and O–H groups in total. The molecular weight excluding hydrogens is 558 g/mol. The molecule has 10 heteroatoms. The highest BCUT2D eigenvalue weighted by Crippen LogP contribution is 2.41. The van der Waals surface area contributed by atoms with Gasteiger partial charge in [0, 0.05) is 29.2 Å². The molecule has 1 unspecified atom stereocenters. The van der Waals surface area contributed by atoms with E-state index in [-0.39, 0.29) is 34.8 Å². The number of aryl methyl sites for hydroxylation is 1. The first-order valence-corrected chi connectivity index (χ1v) is 14.1. The van der Waals surface area contributed by atoms with Crippen LogP contribution in [0.5, 0.6) is 5.75 Å². The topological polar surface area (TPSA) is 141 Å². The van der Waals surface area contributed by atoms with E-state index in [1.807, 2.05) is 19.9 Å². The van der Waals surface area contributed by atoms with Crippen molar-refractivity contribution in [2.24, 2.45) is 0 Å². The second-order valence-electron chi connectivity index (χ2n) is 10.7. The van der Waals surface area contributed by atoms with Gasteiger partial charge in [0.15, 0.2) is 0 Å². The van der Waals surface area contributed by atoms with Crippen LogP contribution in [0.1, 0.15) is 69.0 Å². The number of hydrogen-bond donors (Lipinski definition) is 5.